The van der Waals surface area contributed by atoms with Crippen molar-refractivity contribution in [2.75, 3.05) is 75.4 Å². The van der Waals surface area contributed by atoms with Crippen LogP contribution >= 0.6 is 0 Å². The number of hydrogen-bond donors (Lipinski definition) is 1. The summed E-state index contributed by atoms with van der Waals surface area (Å²) >= 11 is 0. The lowest BCUT2D eigenvalue weighted by atomic mass is 10.0. The molecule has 11 nitrogen and oxygen atoms in total. The second-order valence-corrected chi connectivity index (χ2v) is 11.1. The molecule has 43 heavy (non-hydrogen) atoms. The number of morpholine rings is 1. The molecule has 3 saturated heterocycles. The SMILES string of the molecule is CC(=O)NC[C@H]1CN(c2ccc(N3CCN(C(=O)CCC(=O)c4ccc(CN5CCOCC5)cc4)CC3)c(F)c2)C(=O)O1. The predicted molar refractivity (Wildman–Crippen MR) is 158 cm³/mol. The summed E-state index contributed by atoms with van der Waals surface area (Å²) in [4.78, 5) is 56.2. The molecule has 3 amide bonds. The molecular weight excluding hydrogens is 557 g/mol. The van der Waals surface area contributed by atoms with E-state index in [9.17, 15) is 19.2 Å². The summed E-state index contributed by atoms with van der Waals surface area (Å²) < 4.78 is 25.8. The van der Waals surface area contributed by atoms with Crippen molar-refractivity contribution in [2.24, 2.45) is 0 Å². The lowest BCUT2D eigenvalue weighted by Crippen LogP contribution is -2.49. The van der Waals surface area contributed by atoms with Crippen LogP contribution in [0.25, 0.3) is 0 Å². The fourth-order valence-electron chi connectivity index (χ4n) is 5.55. The molecule has 0 spiro atoms. The van der Waals surface area contributed by atoms with Crippen molar-refractivity contribution in [1.82, 2.24) is 15.1 Å². The molecule has 1 atom stereocenters. The molecule has 3 fully saturated rings. The highest BCUT2D eigenvalue weighted by Gasteiger charge is 2.33. The van der Waals surface area contributed by atoms with Gasteiger partial charge in [0.05, 0.1) is 37.7 Å². The maximum Gasteiger partial charge on any atom is 0.414 e. The van der Waals surface area contributed by atoms with Gasteiger partial charge >= 0.3 is 6.09 Å². The van der Waals surface area contributed by atoms with Crippen molar-refractivity contribution in [1.29, 1.82) is 0 Å². The normalized spacial score (nSPS) is 19.3. The fourth-order valence-corrected chi connectivity index (χ4v) is 5.55. The van der Waals surface area contributed by atoms with Gasteiger partial charge in [-0.3, -0.25) is 24.2 Å². The number of halogens is 1. The van der Waals surface area contributed by atoms with E-state index in [2.05, 4.69) is 10.2 Å². The Bertz CT molecular complexity index is 1320. The number of nitrogens with zero attached hydrogens (tertiary/aromatic N) is 4. The Kier molecular flexibility index (Phi) is 9.88. The van der Waals surface area contributed by atoms with E-state index in [0.717, 1.165) is 38.4 Å². The number of rotatable bonds is 10. The zero-order valence-corrected chi connectivity index (χ0v) is 24.4. The number of carbonyl (C=O) groups excluding carboxylic acids is 4. The maximum atomic E-state index is 15.1. The molecule has 0 unspecified atom stereocenters. The van der Waals surface area contributed by atoms with Crippen LogP contribution in [-0.2, 0) is 25.6 Å². The second kappa shape index (κ2) is 14.0. The Morgan fingerprint density at radius 1 is 0.953 bits per heavy atom. The topological polar surface area (TPSA) is 112 Å². The van der Waals surface area contributed by atoms with Gasteiger partial charge in [0.1, 0.15) is 11.9 Å². The van der Waals surface area contributed by atoms with Crippen molar-refractivity contribution >= 4 is 35.1 Å². The molecule has 5 rings (SSSR count). The largest absolute Gasteiger partial charge is 0.442 e. The number of nitrogens with one attached hydrogen (secondary N) is 1. The quantitative estimate of drug-likeness (QED) is 0.417. The first-order valence-electron chi connectivity index (χ1n) is 14.7. The average Bonchev–Trinajstić information content (AvgIpc) is 3.40. The van der Waals surface area contributed by atoms with Gasteiger partial charge in [-0.05, 0) is 23.8 Å². The van der Waals surface area contributed by atoms with E-state index in [0.29, 0.717) is 43.1 Å². The molecule has 0 aliphatic carbocycles. The van der Waals surface area contributed by atoms with Crippen molar-refractivity contribution < 1.29 is 33.0 Å². The Labute approximate surface area is 250 Å². The molecule has 3 aliphatic rings. The van der Waals surface area contributed by atoms with Crippen molar-refractivity contribution in [3.05, 3.63) is 59.4 Å². The first-order valence-corrected chi connectivity index (χ1v) is 14.7. The molecule has 0 radical (unpaired) electrons. The van der Waals surface area contributed by atoms with Crippen LogP contribution in [0.1, 0.15) is 35.7 Å². The van der Waals surface area contributed by atoms with E-state index in [4.69, 9.17) is 9.47 Å². The third-order valence-electron chi connectivity index (χ3n) is 8.02. The number of carbonyl (C=O) groups is 4. The van der Waals surface area contributed by atoms with Crippen LogP contribution in [0, 0.1) is 5.82 Å². The minimum absolute atomic E-state index is 0.0598. The number of ketones is 1. The molecule has 0 bridgehead atoms. The van der Waals surface area contributed by atoms with Crippen LogP contribution in [0.2, 0.25) is 0 Å². The minimum atomic E-state index is -0.589. The number of cyclic esters (lactones) is 1. The number of Topliss-reactive ketones (excluding diaryl/α,β-unsaturated/α-hetero) is 1. The number of benzene rings is 2. The Morgan fingerprint density at radius 3 is 2.35 bits per heavy atom. The second-order valence-electron chi connectivity index (χ2n) is 11.1. The van der Waals surface area contributed by atoms with E-state index in [1.807, 2.05) is 29.2 Å². The summed E-state index contributed by atoms with van der Waals surface area (Å²) in [5, 5.41) is 2.62. The standard InChI is InChI=1S/C31H38FN5O6/c1-22(38)33-19-26-21-37(31(41)43-26)25-6-7-28(27(32)18-25)35-10-12-36(13-11-35)30(40)9-8-29(39)24-4-2-23(3-5-24)20-34-14-16-42-17-15-34/h2-7,18,26H,8-17,19-21H2,1H3,(H,33,38)/t26-/m0/s1. The van der Waals surface area contributed by atoms with E-state index in [-0.39, 0.29) is 43.5 Å². The zero-order chi connectivity index (χ0) is 30.3. The number of hydrogen-bond acceptors (Lipinski definition) is 8. The van der Waals surface area contributed by atoms with Crippen molar-refractivity contribution in [2.45, 2.75) is 32.4 Å². The van der Waals surface area contributed by atoms with E-state index >= 15 is 4.39 Å². The average molecular weight is 596 g/mol. The minimum Gasteiger partial charge on any atom is -0.442 e. The number of amides is 3. The van der Waals surface area contributed by atoms with Gasteiger partial charge in [0.25, 0.3) is 0 Å². The van der Waals surface area contributed by atoms with Gasteiger partial charge in [-0.1, -0.05) is 24.3 Å². The highest BCUT2D eigenvalue weighted by Crippen LogP contribution is 2.28. The number of ether oxygens (including phenoxy) is 2. The molecule has 12 heteroatoms. The fraction of sp³-hybridized carbons (Fsp3) is 0.484. The van der Waals surface area contributed by atoms with Crippen LogP contribution in [0.3, 0.4) is 0 Å². The summed E-state index contributed by atoms with van der Waals surface area (Å²) in [5.74, 6) is -0.845. The molecule has 3 aliphatic heterocycles. The van der Waals surface area contributed by atoms with Crippen molar-refractivity contribution in [3.63, 3.8) is 0 Å². The molecular formula is C31H38FN5O6. The molecule has 1 N–H and O–H groups in total. The summed E-state index contributed by atoms with van der Waals surface area (Å²) in [6.45, 7) is 7.64. The van der Waals surface area contributed by atoms with Crippen LogP contribution in [-0.4, -0.2) is 105 Å². The van der Waals surface area contributed by atoms with E-state index in [1.54, 1.807) is 17.0 Å². The van der Waals surface area contributed by atoms with Gasteiger partial charge in [-0.2, -0.15) is 0 Å². The third kappa shape index (κ3) is 7.88. The first-order chi connectivity index (χ1) is 20.8. The molecule has 2 aromatic rings. The maximum absolute atomic E-state index is 15.1. The van der Waals surface area contributed by atoms with Crippen LogP contribution in [0.5, 0.6) is 0 Å². The Morgan fingerprint density at radius 2 is 1.67 bits per heavy atom. The molecule has 3 heterocycles. The summed E-state index contributed by atoms with van der Waals surface area (Å²) in [5.41, 5.74) is 2.52. The monoisotopic (exact) mass is 595 g/mol. The van der Waals surface area contributed by atoms with E-state index < -0.39 is 18.0 Å². The van der Waals surface area contributed by atoms with Gasteiger partial charge in [0, 0.05) is 71.1 Å². The summed E-state index contributed by atoms with van der Waals surface area (Å²) in [7, 11) is 0. The molecule has 230 valence electrons. The van der Waals surface area contributed by atoms with Gasteiger partial charge in [0.2, 0.25) is 11.8 Å². The van der Waals surface area contributed by atoms with Crippen molar-refractivity contribution in [3.8, 4) is 0 Å². The van der Waals surface area contributed by atoms with Gasteiger partial charge in [-0.25, -0.2) is 9.18 Å². The predicted octanol–water partition coefficient (Wildman–Crippen LogP) is 2.43. The van der Waals surface area contributed by atoms with Crippen LogP contribution in [0.4, 0.5) is 20.6 Å². The Hall–Kier alpha value is -4.03. The summed E-state index contributed by atoms with van der Waals surface area (Å²) in [6.07, 6.45) is -0.825. The Balaban J connectivity index is 1.07. The zero-order valence-electron chi connectivity index (χ0n) is 24.4. The molecule has 2 aromatic carbocycles. The number of piperazine rings is 1. The number of anilines is 2. The van der Waals surface area contributed by atoms with Crippen LogP contribution in [0.15, 0.2) is 42.5 Å². The van der Waals surface area contributed by atoms with Gasteiger partial charge in [0.15, 0.2) is 5.78 Å². The third-order valence-corrected chi connectivity index (χ3v) is 8.02. The van der Waals surface area contributed by atoms with Gasteiger partial charge < -0.3 is 24.6 Å². The molecule has 0 aromatic heterocycles. The van der Waals surface area contributed by atoms with Gasteiger partial charge in [-0.15, -0.1) is 0 Å². The lowest BCUT2D eigenvalue weighted by molar-refractivity contribution is -0.131. The van der Waals surface area contributed by atoms with E-state index in [1.165, 1.54) is 17.9 Å². The molecule has 0 saturated carbocycles. The lowest BCUT2D eigenvalue weighted by Gasteiger charge is -2.36. The highest BCUT2D eigenvalue weighted by molar-refractivity contribution is 5.98. The summed E-state index contributed by atoms with van der Waals surface area (Å²) in [6, 6.07) is 12.2. The highest BCUT2D eigenvalue weighted by atomic mass is 19.1. The first kappa shape index (κ1) is 30.4. The van der Waals surface area contributed by atoms with Crippen LogP contribution < -0.4 is 15.1 Å². The smallest absolute Gasteiger partial charge is 0.414 e.